The maximum absolute atomic E-state index is 11.8. The number of hydrogen-bond acceptors (Lipinski definition) is 2. The Balaban J connectivity index is 2.27. The van der Waals surface area contributed by atoms with E-state index in [1.165, 1.54) is 0 Å². The Kier molecular flexibility index (Phi) is 5.77. The highest BCUT2D eigenvalue weighted by molar-refractivity contribution is 9.08. The molecule has 6 heteroatoms. The lowest BCUT2D eigenvalue weighted by atomic mass is 10.2. The average molecular weight is 313 g/mol. The summed E-state index contributed by atoms with van der Waals surface area (Å²) < 4.78 is 45.0. The summed E-state index contributed by atoms with van der Waals surface area (Å²) in [7, 11) is 0. The summed E-state index contributed by atoms with van der Waals surface area (Å²) in [4.78, 5) is 0. The van der Waals surface area contributed by atoms with Gasteiger partial charge in [0.15, 0.2) is 0 Å². The van der Waals surface area contributed by atoms with Gasteiger partial charge in [-0.05, 0) is 6.07 Å². The minimum atomic E-state index is -4.28. The van der Waals surface area contributed by atoms with Gasteiger partial charge in [-0.1, -0.05) is 34.1 Å². The monoisotopic (exact) mass is 312 g/mol. The van der Waals surface area contributed by atoms with E-state index in [0.29, 0.717) is 11.1 Å². The van der Waals surface area contributed by atoms with E-state index in [2.05, 4.69) is 20.7 Å². The highest BCUT2D eigenvalue weighted by Crippen LogP contribution is 2.20. The third-order valence-corrected chi connectivity index (χ3v) is 2.47. The van der Waals surface area contributed by atoms with Crippen LogP contribution in [0, 0.1) is 0 Å². The Bertz CT molecular complexity index is 342. The molecule has 0 aliphatic carbocycles. The van der Waals surface area contributed by atoms with Crippen molar-refractivity contribution in [3.8, 4) is 5.75 Å². The molecule has 0 bridgehead atoms. The van der Waals surface area contributed by atoms with Crippen LogP contribution in [-0.2, 0) is 10.1 Å². The molecule has 17 heavy (non-hydrogen) atoms. The van der Waals surface area contributed by atoms with Crippen molar-refractivity contribution in [1.29, 1.82) is 0 Å². The van der Waals surface area contributed by atoms with E-state index in [0.717, 1.165) is 5.56 Å². The van der Waals surface area contributed by atoms with Crippen molar-refractivity contribution in [2.24, 2.45) is 0 Å². The van der Waals surface area contributed by atoms with E-state index in [1.54, 1.807) is 12.1 Å². The zero-order chi connectivity index (χ0) is 12.7. The second kappa shape index (κ2) is 6.86. The fourth-order valence-corrected chi connectivity index (χ4v) is 1.62. The molecule has 0 atom stereocenters. The molecule has 0 aromatic heterocycles. The van der Waals surface area contributed by atoms with Crippen LogP contribution in [0.4, 0.5) is 13.2 Å². The van der Waals surface area contributed by atoms with Crippen LogP contribution in [-0.4, -0.2) is 26.0 Å². The normalized spacial score (nSPS) is 11.5. The number of alkyl halides is 4. The van der Waals surface area contributed by atoms with Gasteiger partial charge >= 0.3 is 6.18 Å². The molecule has 0 heterocycles. The van der Waals surface area contributed by atoms with Crippen molar-refractivity contribution in [3.05, 3.63) is 29.8 Å². The molecule has 0 saturated carbocycles. The van der Waals surface area contributed by atoms with Crippen molar-refractivity contribution in [2.45, 2.75) is 11.5 Å². The van der Waals surface area contributed by atoms with Crippen LogP contribution in [0.25, 0.3) is 0 Å². The number of para-hydroxylation sites is 1. The molecule has 96 valence electrons. The first-order valence-corrected chi connectivity index (χ1v) is 6.06. The second-order valence-electron chi connectivity index (χ2n) is 3.26. The SMILES string of the molecule is FC(F)(F)COCCOc1ccccc1CBr. The first kappa shape index (κ1) is 14.3. The molecule has 0 aliphatic rings. The summed E-state index contributed by atoms with van der Waals surface area (Å²) in [6.45, 7) is -1.23. The van der Waals surface area contributed by atoms with Crippen LogP contribution in [0.1, 0.15) is 5.56 Å². The van der Waals surface area contributed by atoms with E-state index in [-0.39, 0.29) is 13.2 Å². The minimum absolute atomic E-state index is 0.0872. The van der Waals surface area contributed by atoms with Gasteiger partial charge in [-0.15, -0.1) is 0 Å². The van der Waals surface area contributed by atoms with Crippen LogP contribution in [0.5, 0.6) is 5.75 Å². The maximum Gasteiger partial charge on any atom is 0.411 e. The summed E-state index contributed by atoms with van der Waals surface area (Å²) in [5.41, 5.74) is 0.948. The molecular weight excluding hydrogens is 301 g/mol. The fraction of sp³-hybridized carbons (Fsp3) is 0.455. The molecule has 0 unspecified atom stereocenters. The summed E-state index contributed by atoms with van der Waals surface area (Å²) in [5, 5.41) is 0.632. The highest BCUT2D eigenvalue weighted by Gasteiger charge is 2.27. The number of halogens is 4. The largest absolute Gasteiger partial charge is 0.491 e. The topological polar surface area (TPSA) is 18.5 Å². The zero-order valence-corrected chi connectivity index (χ0v) is 10.6. The molecule has 0 saturated heterocycles. The second-order valence-corrected chi connectivity index (χ2v) is 3.82. The molecule has 1 rings (SSSR count). The van der Waals surface area contributed by atoms with Crippen molar-refractivity contribution in [3.63, 3.8) is 0 Å². The van der Waals surface area contributed by atoms with E-state index in [4.69, 9.17) is 4.74 Å². The van der Waals surface area contributed by atoms with Crippen molar-refractivity contribution < 1.29 is 22.6 Å². The molecule has 0 N–H and O–H groups in total. The van der Waals surface area contributed by atoms with Gasteiger partial charge in [0, 0.05) is 10.9 Å². The predicted octanol–water partition coefficient (Wildman–Crippen LogP) is 3.54. The molecule has 1 aromatic rings. The molecule has 0 radical (unpaired) electrons. The number of benzene rings is 1. The summed E-state index contributed by atoms with van der Waals surface area (Å²) in [6.07, 6.45) is -4.28. The Morgan fingerprint density at radius 3 is 2.47 bits per heavy atom. The Morgan fingerprint density at radius 2 is 1.82 bits per heavy atom. The van der Waals surface area contributed by atoms with Gasteiger partial charge in [0.1, 0.15) is 19.0 Å². The number of hydrogen-bond donors (Lipinski definition) is 0. The molecule has 0 spiro atoms. The van der Waals surface area contributed by atoms with Gasteiger partial charge in [-0.2, -0.15) is 13.2 Å². The zero-order valence-electron chi connectivity index (χ0n) is 8.97. The molecule has 0 aliphatic heterocycles. The van der Waals surface area contributed by atoms with Crippen LogP contribution >= 0.6 is 15.9 Å². The summed E-state index contributed by atoms with van der Waals surface area (Å²) >= 11 is 3.30. The van der Waals surface area contributed by atoms with Crippen LogP contribution in [0.2, 0.25) is 0 Å². The summed E-state index contributed by atoms with van der Waals surface area (Å²) in [5.74, 6) is 0.653. The molecule has 0 amide bonds. The molecule has 2 nitrogen and oxygen atoms in total. The van der Waals surface area contributed by atoms with E-state index in [1.807, 2.05) is 12.1 Å². The lowest BCUT2D eigenvalue weighted by Crippen LogP contribution is -2.19. The van der Waals surface area contributed by atoms with Crippen LogP contribution in [0.15, 0.2) is 24.3 Å². The Morgan fingerprint density at radius 1 is 1.12 bits per heavy atom. The smallest absolute Gasteiger partial charge is 0.411 e. The Labute approximate surface area is 106 Å². The number of ether oxygens (including phenoxy) is 2. The van der Waals surface area contributed by atoms with Gasteiger partial charge in [0.05, 0.1) is 6.61 Å². The summed E-state index contributed by atoms with van der Waals surface area (Å²) in [6, 6.07) is 7.31. The van der Waals surface area contributed by atoms with Gasteiger partial charge in [-0.3, -0.25) is 0 Å². The van der Waals surface area contributed by atoms with Gasteiger partial charge in [0.2, 0.25) is 0 Å². The third-order valence-electron chi connectivity index (χ3n) is 1.87. The minimum Gasteiger partial charge on any atom is -0.491 e. The molecule has 1 aromatic carbocycles. The third kappa shape index (κ3) is 5.93. The lowest BCUT2D eigenvalue weighted by molar-refractivity contribution is -0.175. The average Bonchev–Trinajstić information content (AvgIpc) is 2.27. The van der Waals surface area contributed by atoms with E-state index in [9.17, 15) is 13.2 Å². The molecule has 0 fully saturated rings. The molecular formula is C11H12BrF3O2. The standard InChI is InChI=1S/C11H12BrF3O2/c12-7-9-3-1-2-4-10(9)17-6-5-16-8-11(13,14)15/h1-4H,5-8H2. The van der Waals surface area contributed by atoms with E-state index < -0.39 is 12.8 Å². The van der Waals surface area contributed by atoms with E-state index >= 15 is 0 Å². The van der Waals surface area contributed by atoms with Gasteiger partial charge < -0.3 is 9.47 Å². The van der Waals surface area contributed by atoms with Gasteiger partial charge in [0.25, 0.3) is 0 Å². The Hall–Kier alpha value is -0.750. The highest BCUT2D eigenvalue weighted by atomic mass is 79.9. The quantitative estimate of drug-likeness (QED) is 0.591. The van der Waals surface area contributed by atoms with Crippen molar-refractivity contribution in [1.82, 2.24) is 0 Å². The van der Waals surface area contributed by atoms with Crippen molar-refractivity contribution in [2.75, 3.05) is 19.8 Å². The predicted molar refractivity (Wildman–Crippen MR) is 61.4 cm³/mol. The first-order valence-electron chi connectivity index (χ1n) is 4.94. The van der Waals surface area contributed by atoms with Crippen molar-refractivity contribution >= 4 is 15.9 Å². The van der Waals surface area contributed by atoms with Crippen LogP contribution < -0.4 is 4.74 Å². The number of rotatable bonds is 6. The fourth-order valence-electron chi connectivity index (χ4n) is 1.15. The first-order chi connectivity index (χ1) is 8.03. The maximum atomic E-state index is 11.8. The lowest BCUT2D eigenvalue weighted by Gasteiger charge is -2.11. The van der Waals surface area contributed by atoms with Crippen LogP contribution in [0.3, 0.4) is 0 Å². The van der Waals surface area contributed by atoms with Gasteiger partial charge in [-0.25, -0.2) is 0 Å².